The van der Waals surface area contributed by atoms with Gasteiger partial charge in [0.15, 0.2) is 5.12 Å². The van der Waals surface area contributed by atoms with Crippen LogP contribution in [0.3, 0.4) is 0 Å². The topological polar surface area (TPSA) is 17.1 Å². The fourth-order valence-corrected chi connectivity index (χ4v) is 2.57. The highest BCUT2D eigenvalue weighted by atomic mass is 32.2. The lowest BCUT2D eigenvalue weighted by atomic mass is 10.1. The van der Waals surface area contributed by atoms with Crippen LogP contribution in [0, 0.1) is 0 Å². The minimum atomic E-state index is 0.0521. The summed E-state index contributed by atoms with van der Waals surface area (Å²) in [6, 6.07) is 10.5. The van der Waals surface area contributed by atoms with Gasteiger partial charge in [0.05, 0.1) is 0 Å². The summed E-state index contributed by atoms with van der Waals surface area (Å²) in [6.07, 6.45) is 3.88. The summed E-state index contributed by atoms with van der Waals surface area (Å²) in [5.74, 6) is 0. The molecule has 0 atom stereocenters. The van der Waals surface area contributed by atoms with Gasteiger partial charge < -0.3 is 0 Å². The van der Waals surface area contributed by atoms with Crippen molar-refractivity contribution in [1.29, 1.82) is 0 Å². The Hall–Kier alpha value is -0.760. The number of thioether (sulfide) groups is 1. The van der Waals surface area contributed by atoms with Crippen molar-refractivity contribution in [1.82, 2.24) is 0 Å². The van der Waals surface area contributed by atoms with E-state index in [1.807, 2.05) is 6.07 Å². The zero-order chi connectivity index (χ0) is 12.7. The van der Waals surface area contributed by atoms with Crippen molar-refractivity contribution in [3.8, 4) is 0 Å². The predicted octanol–water partition coefficient (Wildman–Crippen LogP) is 4.46. The van der Waals surface area contributed by atoms with Crippen LogP contribution in [0.5, 0.6) is 0 Å². The zero-order valence-corrected chi connectivity index (χ0v) is 11.8. The number of rotatable bonds is 5. The molecule has 0 spiro atoms. The number of hydrogen-bond donors (Lipinski definition) is 0. The SMILES string of the molecule is CC(C)(C)SC(=O)CCCCc1ccccc1. The molecule has 0 heterocycles. The molecule has 0 aromatic heterocycles. The fourth-order valence-electron chi connectivity index (χ4n) is 1.64. The fraction of sp³-hybridized carbons (Fsp3) is 0.533. The maximum absolute atomic E-state index is 11.6. The van der Waals surface area contributed by atoms with Gasteiger partial charge in [-0.25, -0.2) is 0 Å². The monoisotopic (exact) mass is 250 g/mol. The summed E-state index contributed by atoms with van der Waals surface area (Å²) in [4.78, 5) is 11.6. The summed E-state index contributed by atoms with van der Waals surface area (Å²) in [5.41, 5.74) is 1.36. The standard InChI is InChI=1S/C15H22OS/c1-15(2,3)17-14(16)12-8-7-11-13-9-5-4-6-10-13/h4-6,9-10H,7-8,11-12H2,1-3H3. The van der Waals surface area contributed by atoms with E-state index in [4.69, 9.17) is 0 Å². The third-order valence-electron chi connectivity index (χ3n) is 2.36. The Kier molecular flexibility index (Phi) is 5.76. The van der Waals surface area contributed by atoms with Gasteiger partial charge in [-0.2, -0.15) is 0 Å². The van der Waals surface area contributed by atoms with Crippen LogP contribution in [-0.4, -0.2) is 9.86 Å². The smallest absolute Gasteiger partial charge is 0.189 e. The van der Waals surface area contributed by atoms with E-state index in [2.05, 4.69) is 45.0 Å². The molecule has 0 aliphatic carbocycles. The first-order valence-corrected chi connectivity index (χ1v) is 7.05. The maximum Gasteiger partial charge on any atom is 0.189 e. The summed E-state index contributed by atoms with van der Waals surface area (Å²) in [7, 11) is 0. The van der Waals surface area contributed by atoms with E-state index >= 15 is 0 Å². The normalized spacial score (nSPS) is 11.5. The van der Waals surface area contributed by atoms with Gasteiger partial charge in [0.1, 0.15) is 0 Å². The number of carbonyl (C=O) groups excluding carboxylic acids is 1. The lowest BCUT2D eigenvalue weighted by Gasteiger charge is -2.15. The van der Waals surface area contributed by atoms with Crippen LogP contribution < -0.4 is 0 Å². The average Bonchev–Trinajstić information content (AvgIpc) is 2.23. The third-order valence-corrected chi connectivity index (χ3v) is 3.40. The van der Waals surface area contributed by atoms with Gasteiger partial charge in [-0.1, -0.05) is 62.9 Å². The minimum absolute atomic E-state index is 0.0521. The molecule has 1 rings (SSSR count). The number of benzene rings is 1. The Morgan fingerprint density at radius 2 is 1.76 bits per heavy atom. The molecule has 0 N–H and O–H groups in total. The van der Waals surface area contributed by atoms with E-state index in [0.717, 1.165) is 19.3 Å². The molecule has 0 bridgehead atoms. The van der Waals surface area contributed by atoms with Gasteiger partial charge in [0.25, 0.3) is 0 Å². The van der Waals surface area contributed by atoms with Gasteiger partial charge in [-0.15, -0.1) is 0 Å². The highest BCUT2D eigenvalue weighted by molar-refractivity contribution is 8.14. The Morgan fingerprint density at radius 1 is 1.12 bits per heavy atom. The van der Waals surface area contributed by atoms with Gasteiger partial charge >= 0.3 is 0 Å². The second-order valence-electron chi connectivity index (χ2n) is 5.28. The molecule has 0 fully saturated rings. The Balaban J connectivity index is 2.14. The van der Waals surface area contributed by atoms with Crippen LogP contribution in [0.15, 0.2) is 30.3 Å². The molecular weight excluding hydrogens is 228 g/mol. The first kappa shape index (κ1) is 14.3. The predicted molar refractivity (Wildman–Crippen MR) is 76.3 cm³/mol. The van der Waals surface area contributed by atoms with Crippen molar-refractivity contribution in [3.05, 3.63) is 35.9 Å². The summed E-state index contributed by atoms with van der Waals surface area (Å²) >= 11 is 1.46. The Bertz CT molecular complexity index is 338. The zero-order valence-electron chi connectivity index (χ0n) is 11.0. The van der Waals surface area contributed by atoms with Crippen LogP contribution in [-0.2, 0) is 11.2 Å². The molecule has 0 aliphatic rings. The molecule has 0 amide bonds. The van der Waals surface area contributed by atoms with E-state index in [1.54, 1.807) is 0 Å². The molecule has 0 radical (unpaired) electrons. The van der Waals surface area contributed by atoms with Gasteiger partial charge in [0, 0.05) is 11.2 Å². The van der Waals surface area contributed by atoms with Crippen LogP contribution in [0.1, 0.15) is 45.6 Å². The molecule has 94 valence electrons. The summed E-state index contributed by atoms with van der Waals surface area (Å²) in [6.45, 7) is 6.25. The van der Waals surface area contributed by atoms with Crippen molar-refractivity contribution in [2.45, 2.75) is 51.2 Å². The first-order chi connectivity index (χ1) is 7.97. The van der Waals surface area contributed by atoms with Crippen molar-refractivity contribution in [2.75, 3.05) is 0 Å². The Morgan fingerprint density at radius 3 is 2.35 bits per heavy atom. The molecule has 0 saturated heterocycles. The highest BCUT2D eigenvalue weighted by Gasteiger charge is 2.15. The van der Waals surface area contributed by atoms with Crippen LogP contribution >= 0.6 is 11.8 Å². The Labute approximate surface area is 109 Å². The molecule has 2 heteroatoms. The first-order valence-electron chi connectivity index (χ1n) is 6.23. The molecule has 0 saturated carbocycles. The molecule has 17 heavy (non-hydrogen) atoms. The van der Waals surface area contributed by atoms with Crippen LogP contribution in [0.2, 0.25) is 0 Å². The number of aryl methyl sites for hydroxylation is 1. The lowest BCUT2D eigenvalue weighted by Crippen LogP contribution is -2.11. The molecule has 1 aromatic rings. The quantitative estimate of drug-likeness (QED) is 0.718. The van der Waals surface area contributed by atoms with E-state index in [0.29, 0.717) is 11.5 Å². The minimum Gasteiger partial charge on any atom is -0.287 e. The number of hydrogen-bond acceptors (Lipinski definition) is 2. The summed E-state index contributed by atoms with van der Waals surface area (Å²) in [5, 5.41) is 0.325. The molecule has 0 unspecified atom stereocenters. The lowest BCUT2D eigenvalue weighted by molar-refractivity contribution is -0.111. The van der Waals surface area contributed by atoms with Crippen LogP contribution in [0.25, 0.3) is 0 Å². The second-order valence-corrected chi connectivity index (χ2v) is 7.16. The molecule has 1 aromatic carbocycles. The van der Waals surface area contributed by atoms with E-state index < -0.39 is 0 Å². The molecular formula is C15H22OS. The van der Waals surface area contributed by atoms with Crippen molar-refractivity contribution < 1.29 is 4.79 Å². The second kappa shape index (κ2) is 6.85. The third kappa shape index (κ3) is 7.22. The van der Waals surface area contributed by atoms with Gasteiger partial charge in [0.2, 0.25) is 0 Å². The number of carbonyl (C=O) groups is 1. The van der Waals surface area contributed by atoms with Crippen molar-refractivity contribution in [3.63, 3.8) is 0 Å². The van der Waals surface area contributed by atoms with E-state index in [1.165, 1.54) is 17.3 Å². The largest absolute Gasteiger partial charge is 0.287 e. The van der Waals surface area contributed by atoms with Crippen LogP contribution in [0.4, 0.5) is 0 Å². The summed E-state index contributed by atoms with van der Waals surface area (Å²) < 4.78 is 0.0521. The van der Waals surface area contributed by atoms with Crippen molar-refractivity contribution in [2.24, 2.45) is 0 Å². The molecule has 0 aliphatic heterocycles. The number of unbranched alkanes of at least 4 members (excludes halogenated alkanes) is 1. The van der Waals surface area contributed by atoms with Gasteiger partial charge in [-0.3, -0.25) is 4.79 Å². The maximum atomic E-state index is 11.6. The van der Waals surface area contributed by atoms with Crippen molar-refractivity contribution >= 4 is 16.9 Å². The average molecular weight is 250 g/mol. The van der Waals surface area contributed by atoms with E-state index in [9.17, 15) is 4.79 Å². The highest BCUT2D eigenvalue weighted by Crippen LogP contribution is 2.25. The molecule has 1 nitrogen and oxygen atoms in total. The van der Waals surface area contributed by atoms with E-state index in [-0.39, 0.29) is 4.75 Å². The van der Waals surface area contributed by atoms with Gasteiger partial charge in [-0.05, 0) is 24.8 Å².